The first-order valence-corrected chi connectivity index (χ1v) is 5.87. The zero-order chi connectivity index (χ0) is 13.1. The van der Waals surface area contributed by atoms with Crippen LogP contribution in [-0.2, 0) is 6.54 Å². The molecule has 6 heteroatoms. The van der Waals surface area contributed by atoms with Crippen LogP contribution in [0.1, 0.15) is 19.4 Å². The average Bonchev–Trinajstić information content (AvgIpc) is 2.21. The van der Waals surface area contributed by atoms with Crippen molar-refractivity contribution in [1.82, 2.24) is 5.32 Å². The molecule has 1 N–H and O–H groups in total. The van der Waals surface area contributed by atoms with Crippen LogP contribution in [0.3, 0.4) is 0 Å². The van der Waals surface area contributed by atoms with E-state index in [0.717, 1.165) is 5.56 Å². The summed E-state index contributed by atoms with van der Waals surface area (Å²) in [5.74, 6) is 0. The zero-order valence-electron chi connectivity index (χ0n) is 9.67. The number of halogens is 2. The molecule has 0 heterocycles. The van der Waals surface area contributed by atoms with Crippen LogP contribution in [0.5, 0.6) is 0 Å². The lowest BCUT2D eigenvalue weighted by Crippen LogP contribution is -2.41. The summed E-state index contributed by atoms with van der Waals surface area (Å²) in [6.45, 7) is 3.90. The van der Waals surface area contributed by atoms with Crippen molar-refractivity contribution in [2.45, 2.75) is 25.9 Å². The van der Waals surface area contributed by atoms with Crippen molar-refractivity contribution < 1.29 is 4.92 Å². The number of hydrogen-bond donors (Lipinski definition) is 1. The van der Waals surface area contributed by atoms with Gasteiger partial charge in [0.2, 0.25) is 5.54 Å². The van der Waals surface area contributed by atoms with Crippen LogP contribution in [0.25, 0.3) is 0 Å². The summed E-state index contributed by atoms with van der Waals surface area (Å²) in [7, 11) is 0. The monoisotopic (exact) mass is 276 g/mol. The highest BCUT2D eigenvalue weighted by molar-refractivity contribution is 6.35. The zero-order valence-corrected chi connectivity index (χ0v) is 11.2. The number of nitrogens with one attached hydrogen (secondary N) is 1. The van der Waals surface area contributed by atoms with E-state index < -0.39 is 5.54 Å². The SMILES string of the molecule is CC(C)(CNCc1ccc(Cl)cc1Cl)[N+](=O)[O-]. The Hall–Kier alpha value is -0.840. The Morgan fingerprint density at radius 2 is 2.06 bits per heavy atom. The molecule has 0 aliphatic carbocycles. The molecular formula is C11H14Cl2N2O2. The summed E-state index contributed by atoms with van der Waals surface area (Å²) < 4.78 is 0. The summed E-state index contributed by atoms with van der Waals surface area (Å²) in [5.41, 5.74) is -0.117. The molecule has 0 fully saturated rings. The number of nitro groups is 1. The molecule has 0 atom stereocenters. The summed E-state index contributed by atoms with van der Waals surface area (Å²) in [5, 5.41) is 14.8. The molecule has 1 rings (SSSR count). The Kier molecular flexibility index (Phi) is 4.74. The maximum Gasteiger partial charge on any atom is 0.229 e. The second kappa shape index (κ2) is 5.67. The third kappa shape index (κ3) is 4.15. The first-order valence-electron chi connectivity index (χ1n) is 5.12. The number of rotatable bonds is 5. The van der Waals surface area contributed by atoms with E-state index >= 15 is 0 Å². The average molecular weight is 277 g/mol. The second-order valence-electron chi connectivity index (χ2n) is 4.41. The number of hydrogen-bond acceptors (Lipinski definition) is 3. The topological polar surface area (TPSA) is 55.2 Å². The van der Waals surface area contributed by atoms with Crippen LogP contribution in [0.4, 0.5) is 0 Å². The highest BCUT2D eigenvalue weighted by Crippen LogP contribution is 2.20. The molecule has 94 valence electrons. The fourth-order valence-electron chi connectivity index (χ4n) is 1.23. The van der Waals surface area contributed by atoms with E-state index in [9.17, 15) is 10.1 Å². The van der Waals surface area contributed by atoms with Crippen LogP contribution < -0.4 is 5.32 Å². The van der Waals surface area contributed by atoms with E-state index in [-0.39, 0.29) is 11.5 Å². The molecule has 0 aliphatic rings. The summed E-state index contributed by atoms with van der Waals surface area (Å²) in [6, 6.07) is 5.19. The maximum atomic E-state index is 10.7. The van der Waals surface area contributed by atoms with E-state index in [1.165, 1.54) is 0 Å². The molecule has 0 saturated carbocycles. The molecule has 0 amide bonds. The van der Waals surface area contributed by atoms with Gasteiger partial charge in [-0.3, -0.25) is 10.1 Å². The van der Waals surface area contributed by atoms with Gasteiger partial charge in [-0.15, -0.1) is 0 Å². The molecule has 0 aliphatic heterocycles. The molecule has 0 unspecified atom stereocenters. The fourth-order valence-corrected chi connectivity index (χ4v) is 1.71. The lowest BCUT2D eigenvalue weighted by molar-refractivity contribution is -0.558. The molecule has 0 spiro atoms. The molecule has 0 aromatic heterocycles. The molecule has 1 aromatic rings. The Bertz CT molecular complexity index is 422. The van der Waals surface area contributed by atoms with Crippen molar-refractivity contribution in [1.29, 1.82) is 0 Å². The first-order chi connectivity index (χ1) is 7.83. The van der Waals surface area contributed by atoms with Crippen LogP contribution >= 0.6 is 23.2 Å². The lowest BCUT2D eigenvalue weighted by atomic mass is 10.1. The standard InChI is InChI=1S/C11H14Cl2N2O2/c1-11(2,15(16)17)7-14-6-8-3-4-9(12)5-10(8)13/h3-5,14H,6-7H2,1-2H3. The Morgan fingerprint density at radius 3 is 2.59 bits per heavy atom. The Morgan fingerprint density at radius 1 is 1.41 bits per heavy atom. The van der Waals surface area contributed by atoms with E-state index in [2.05, 4.69) is 5.32 Å². The van der Waals surface area contributed by atoms with Crippen LogP contribution in [-0.4, -0.2) is 17.0 Å². The van der Waals surface area contributed by atoms with Gasteiger partial charge in [-0.2, -0.15) is 0 Å². The minimum Gasteiger partial charge on any atom is -0.306 e. The fraction of sp³-hybridized carbons (Fsp3) is 0.455. The van der Waals surface area contributed by atoms with Gasteiger partial charge >= 0.3 is 0 Å². The van der Waals surface area contributed by atoms with Gasteiger partial charge in [0, 0.05) is 35.4 Å². The van der Waals surface area contributed by atoms with Gasteiger partial charge in [0.1, 0.15) is 0 Å². The predicted octanol–water partition coefficient (Wildman–Crippen LogP) is 3.14. The van der Waals surface area contributed by atoms with Gasteiger partial charge in [-0.1, -0.05) is 29.3 Å². The van der Waals surface area contributed by atoms with E-state index in [1.807, 2.05) is 0 Å². The van der Waals surface area contributed by atoms with Crippen molar-refractivity contribution in [3.8, 4) is 0 Å². The van der Waals surface area contributed by atoms with Crippen molar-refractivity contribution in [3.63, 3.8) is 0 Å². The highest BCUT2D eigenvalue weighted by atomic mass is 35.5. The molecule has 17 heavy (non-hydrogen) atoms. The van der Waals surface area contributed by atoms with Gasteiger partial charge in [0.15, 0.2) is 0 Å². The third-order valence-corrected chi connectivity index (χ3v) is 2.97. The minimum absolute atomic E-state index is 0.277. The molecule has 0 radical (unpaired) electrons. The normalized spacial score (nSPS) is 11.5. The van der Waals surface area contributed by atoms with Gasteiger partial charge in [-0.25, -0.2) is 0 Å². The maximum absolute atomic E-state index is 10.7. The van der Waals surface area contributed by atoms with E-state index in [0.29, 0.717) is 16.6 Å². The van der Waals surface area contributed by atoms with Crippen LogP contribution in [0.2, 0.25) is 10.0 Å². The Labute approximate surface area is 110 Å². The number of nitrogens with zero attached hydrogens (tertiary/aromatic N) is 1. The first kappa shape index (κ1) is 14.2. The van der Waals surface area contributed by atoms with Crippen molar-refractivity contribution in [3.05, 3.63) is 43.9 Å². The molecule has 4 nitrogen and oxygen atoms in total. The van der Waals surface area contributed by atoms with Crippen molar-refractivity contribution in [2.24, 2.45) is 0 Å². The Balaban J connectivity index is 2.54. The summed E-state index contributed by atoms with van der Waals surface area (Å²) in [6.07, 6.45) is 0. The second-order valence-corrected chi connectivity index (χ2v) is 5.25. The molecular weight excluding hydrogens is 263 g/mol. The molecule has 1 aromatic carbocycles. The van der Waals surface area contributed by atoms with Crippen molar-refractivity contribution in [2.75, 3.05) is 6.54 Å². The quantitative estimate of drug-likeness (QED) is 0.664. The molecule has 0 saturated heterocycles. The van der Waals surface area contributed by atoms with Gasteiger partial charge < -0.3 is 5.32 Å². The summed E-state index contributed by atoms with van der Waals surface area (Å²) in [4.78, 5) is 10.4. The lowest BCUT2D eigenvalue weighted by Gasteiger charge is -2.16. The van der Waals surface area contributed by atoms with Crippen LogP contribution in [0, 0.1) is 10.1 Å². The predicted molar refractivity (Wildman–Crippen MR) is 69.2 cm³/mol. The van der Waals surface area contributed by atoms with Crippen molar-refractivity contribution >= 4 is 23.2 Å². The van der Waals surface area contributed by atoms with Gasteiger partial charge in [0.25, 0.3) is 0 Å². The third-order valence-electron chi connectivity index (χ3n) is 2.38. The smallest absolute Gasteiger partial charge is 0.229 e. The number of benzene rings is 1. The van der Waals surface area contributed by atoms with Crippen LogP contribution in [0.15, 0.2) is 18.2 Å². The largest absolute Gasteiger partial charge is 0.306 e. The summed E-state index contributed by atoms with van der Waals surface area (Å²) >= 11 is 11.8. The highest BCUT2D eigenvalue weighted by Gasteiger charge is 2.29. The minimum atomic E-state index is -0.987. The van der Waals surface area contributed by atoms with E-state index in [1.54, 1.807) is 32.0 Å². The van der Waals surface area contributed by atoms with E-state index in [4.69, 9.17) is 23.2 Å². The van der Waals surface area contributed by atoms with Gasteiger partial charge in [0.05, 0.1) is 6.54 Å². The molecule has 0 bridgehead atoms. The van der Waals surface area contributed by atoms with Gasteiger partial charge in [-0.05, 0) is 17.7 Å².